The molecule has 0 aromatic rings. The predicted molar refractivity (Wildman–Crippen MR) is 43.6 cm³/mol. The molecule has 0 spiro atoms. The second-order valence-corrected chi connectivity index (χ2v) is 3.22. The lowest BCUT2D eigenvalue weighted by atomic mass is 9.98. The molecule has 0 bridgehead atoms. The van der Waals surface area contributed by atoms with Gasteiger partial charge in [0.05, 0.1) is 12.6 Å². The summed E-state index contributed by atoms with van der Waals surface area (Å²) in [6.45, 7) is 1.72. The van der Waals surface area contributed by atoms with E-state index in [9.17, 15) is 0 Å². The van der Waals surface area contributed by atoms with Crippen molar-refractivity contribution in [2.75, 3.05) is 13.2 Å². The SMILES string of the molecule is C1CC(=NNC2CCOC2)C1. The summed E-state index contributed by atoms with van der Waals surface area (Å²) >= 11 is 0. The van der Waals surface area contributed by atoms with Crippen molar-refractivity contribution in [3.63, 3.8) is 0 Å². The third-order valence-electron chi connectivity index (χ3n) is 2.27. The van der Waals surface area contributed by atoms with E-state index in [0.29, 0.717) is 6.04 Å². The molecule has 1 unspecified atom stereocenters. The third kappa shape index (κ3) is 1.71. The summed E-state index contributed by atoms with van der Waals surface area (Å²) in [4.78, 5) is 0. The molecule has 0 radical (unpaired) electrons. The van der Waals surface area contributed by atoms with Gasteiger partial charge in [0, 0.05) is 12.3 Å². The molecule has 2 rings (SSSR count). The first-order chi connectivity index (χ1) is 5.45. The Balaban J connectivity index is 1.72. The van der Waals surface area contributed by atoms with E-state index in [4.69, 9.17) is 4.74 Å². The van der Waals surface area contributed by atoms with Crippen molar-refractivity contribution in [2.45, 2.75) is 31.7 Å². The van der Waals surface area contributed by atoms with Crippen LogP contribution in [0.1, 0.15) is 25.7 Å². The summed E-state index contributed by atoms with van der Waals surface area (Å²) < 4.78 is 5.21. The van der Waals surface area contributed by atoms with Crippen LogP contribution in [0, 0.1) is 0 Å². The molecule has 1 saturated carbocycles. The second kappa shape index (κ2) is 3.22. The number of nitrogens with zero attached hydrogens (tertiary/aromatic N) is 1. The normalized spacial score (nSPS) is 29.8. The summed E-state index contributed by atoms with van der Waals surface area (Å²) in [6.07, 6.45) is 4.82. The van der Waals surface area contributed by atoms with E-state index in [2.05, 4.69) is 10.5 Å². The molecule has 0 aromatic heterocycles. The van der Waals surface area contributed by atoms with E-state index in [1.807, 2.05) is 0 Å². The zero-order chi connectivity index (χ0) is 7.52. The molecule has 1 atom stereocenters. The Morgan fingerprint density at radius 1 is 1.45 bits per heavy atom. The van der Waals surface area contributed by atoms with Crippen molar-refractivity contribution in [1.82, 2.24) is 5.43 Å². The van der Waals surface area contributed by atoms with Gasteiger partial charge < -0.3 is 10.2 Å². The molecule has 2 fully saturated rings. The molecule has 0 amide bonds. The van der Waals surface area contributed by atoms with Crippen LogP contribution in [-0.4, -0.2) is 25.0 Å². The minimum atomic E-state index is 0.475. The van der Waals surface area contributed by atoms with Crippen LogP contribution in [0.5, 0.6) is 0 Å². The minimum absolute atomic E-state index is 0.475. The Bertz CT molecular complexity index is 155. The van der Waals surface area contributed by atoms with Crippen molar-refractivity contribution in [2.24, 2.45) is 5.10 Å². The fourth-order valence-electron chi connectivity index (χ4n) is 1.27. The third-order valence-corrected chi connectivity index (χ3v) is 2.27. The number of ether oxygens (including phenoxy) is 1. The van der Waals surface area contributed by atoms with Gasteiger partial charge in [-0.25, -0.2) is 0 Å². The number of hydrazone groups is 1. The zero-order valence-electron chi connectivity index (χ0n) is 6.68. The number of nitrogens with one attached hydrogen (secondary N) is 1. The molecule has 1 saturated heterocycles. The number of hydrogen-bond acceptors (Lipinski definition) is 3. The van der Waals surface area contributed by atoms with Gasteiger partial charge >= 0.3 is 0 Å². The molecule has 1 aliphatic heterocycles. The van der Waals surface area contributed by atoms with Gasteiger partial charge in [-0.15, -0.1) is 0 Å². The largest absolute Gasteiger partial charge is 0.379 e. The lowest BCUT2D eigenvalue weighted by molar-refractivity contribution is 0.190. The molecule has 2 aliphatic rings. The molecule has 62 valence electrons. The molecule has 1 aliphatic carbocycles. The first kappa shape index (κ1) is 7.10. The summed E-state index contributed by atoms with van der Waals surface area (Å²) in [5.41, 5.74) is 4.48. The lowest BCUT2D eigenvalue weighted by Crippen LogP contribution is -2.27. The average Bonchev–Trinajstić information content (AvgIpc) is 2.36. The number of rotatable bonds is 2. The van der Waals surface area contributed by atoms with Crippen LogP contribution in [0.2, 0.25) is 0 Å². The van der Waals surface area contributed by atoms with E-state index in [0.717, 1.165) is 19.6 Å². The van der Waals surface area contributed by atoms with Gasteiger partial charge in [-0.1, -0.05) is 0 Å². The maximum absolute atomic E-state index is 5.21. The fraction of sp³-hybridized carbons (Fsp3) is 0.875. The highest BCUT2D eigenvalue weighted by Crippen LogP contribution is 2.14. The van der Waals surface area contributed by atoms with Crippen molar-refractivity contribution < 1.29 is 4.74 Å². The van der Waals surface area contributed by atoms with Crippen LogP contribution >= 0.6 is 0 Å². The first-order valence-electron chi connectivity index (χ1n) is 4.34. The Morgan fingerprint density at radius 3 is 2.91 bits per heavy atom. The molecule has 0 aromatic carbocycles. The van der Waals surface area contributed by atoms with Crippen molar-refractivity contribution >= 4 is 5.71 Å². The minimum Gasteiger partial charge on any atom is -0.379 e. The van der Waals surface area contributed by atoms with Crippen LogP contribution in [-0.2, 0) is 4.74 Å². The molecule has 3 heteroatoms. The molecule has 1 heterocycles. The van der Waals surface area contributed by atoms with Gasteiger partial charge in [0.25, 0.3) is 0 Å². The Morgan fingerprint density at radius 2 is 2.36 bits per heavy atom. The Hall–Kier alpha value is -0.570. The Labute approximate surface area is 66.8 Å². The van der Waals surface area contributed by atoms with Gasteiger partial charge in [0.1, 0.15) is 0 Å². The van der Waals surface area contributed by atoms with Crippen LogP contribution in [0.4, 0.5) is 0 Å². The fourth-order valence-corrected chi connectivity index (χ4v) is 1.27. The predicted octanol–water partition coefficient (Wildman–Crippen LogP) is 0.905. The smallest absolute Gasteiger partial charge is 0.0695 e. The van der Waals surface area contributed by atoms with E-state index in [-0.39, 0.29) is 0 Å². The molecule has 3 nitrogen and oxygen atoms in total. The molecular formula is C8H14N2O. The van der Waals surface area contributed by atoms with Crippen LogP contribution in [0.3, 0.4) is 0 Å². The highest BCUT2D eigenvalue weighted by molar-refractivity contribution is 5.88. The maximum atomic E-state index is 5.21. The maximum Gasteiger partial charge on any atom is 0.0695 e. The van der Waals surface area contributed by atoms with Crippen LogP contribution < -0.4 is 5.43 Å². The topological polar surface area (TPSA) is 33.6 Å². The monoisotopic (exact) mass is 154 g/mol. The highest BCUT2D eigenvalue weighted by Gasteiger charge is 2.15. The summed E-state index contributed by atoms with van der Waals surface area (Å²) in [7, 11) is 0. The average molecular weight is 154 g/mol. The van der Waals surface area contributed by atoms with Crippen LogP contribution in [0.25, 0.3) is 0 Å². The Kier molecular flexibility index (Phi) is 2.08. The quantitative estimate of drug-likeness (QED) is 0.600. The van der Waals surface area contributed by atoms with Crippen LogP contribution in [0.15, 0.2) is 5.10 Å². The zero-order valence-corrected chi connectivity index (χ0v) is 6.68. The van der Waals surface area contributed by atoms with Gasteiger partial charge in [-0.3, -0.25) is 0 Å². The van der Waals surface area contributed by atoms with Gasteiger partial charge in [0.2, 0.25) is 0 Å². The van der Waals surface area contributed by atoms with E-state index < -0.39 is 0 Å². The van der Waals surface area contributed by atoms with E-state index in [1.165, 1.54) is 25.0 Å². The van der Waals surface area contributed by atoms with Gasteiger partial charge in [0.15, 0.2) is 0 Å². The van der Waals surface area contributed by atoms with E-state index >= 15 is 0 Å². The lowest BCUT2D eigenvalue weighted by Gasteiger charge is -2.16. The summed E-state index contributed by atoms with van der Waals surface area (Å²) in [5, 5.41) is 4.30. The summed E-state index contributed by atoms with van der Waals surface area (Å²) in [5.74, 6) is 0. The standard InChI is InChI=1S/C8H14N2O/c1-2-7(3-1)9-10-8-4-5-11-6-8/h8,10H,1-6H2. The first-order valence-corrected chi connectivity index (χ1v) is 4.34. The second-order valence-electron chi connectivity index (χ2n) is 3.22. The molecular weight excluding hydrogens is 140 g/mol. The van der Waals surface area contributed by atoms with Crippen molar-refractivity contribution in [3.05, 3.63) is 0 Å². The summed E-state index contributed by atoms with van der Waals surface area (Å²) in [6, 6.07) is 0.475. The van der Waals surface area contributed by atoms with Crippen molar-refractivity contribution in [3.8, 4) is 0 Å². The van der Waals surface area contributed by atoms with Crippen molar-refractivity contribution in [1.29, 1.82) is 0 Å². The molecule has 1 N–H and O–H groups in total. The van der Waals surface area contributed by atoms with Gasteiger partial charge in [-0.05, 0) is 25.7 Å². The van der Waals surface area contributed by atoms with E-state index in [1.54, 1.807) is 0 Å². The van der Waals surface area contributed by atoms with Gasteiger partial charge in [-0.2, -0.15) is 5.10 Å². The number of hydrogen-bond donors (Lipinski definition) is 1. The molecule has 11 heavy (non-hydrogen) atoms. The highest BCUT2D eigenvalue weighted by atomic mass is 16.5.